The molecule has 134 valence electrons. The summed E-state index contributed by atoms with van der Waals surface area (Å²) in [5.74, 6) is -0.521. The predicted octanol–water partition coefficient (Wildman–Crippen LogP) is 1.71. The van der Waals surface area contributed by atoms with Gasteiger partial charge in [0.2, 0.25) is 0 Å². The van der Waals surface area contributed by atoms with E-state index in [1.807, 2.05) is 0 Å². The molecule has 25 heavy (non-hydrogen) atoms. The van der Waals surface area contributed by atoms with E-state index in [1.54, 1.807) is 19.1 Å². The van der Waals surface area contributed by atoms with E-state index >= 15 is 0 Å². The van der Waals surface area contributed by atoms with E-state index in [9.17, 15) is 17.6 Å². The van der Waals surface area contributed by atoms with E-state index in [0.29, 0.717) is 17.9 Å². The van der Waals surface area contributed by atoms with E-state index in [-0.39, 0.29) is 29.9 Å². The van der Waals surface area contributed by atoms with Crippen molar-refractivity contribution in [2.24, 2.45) is 0 Å². The second-order valence-electron chi connectivity index (χ2n) is 5.94. The Balaban J connectivity index is 1.67. The molecule has 1 fully saturated rings. The molecule has 1 aromatic carbocycles. The number of aryl methyl sites for hydroxylation is 1. The topological polar surface area (TPSA) is 90.3 Å². The smallest absolute Gasteiger partial charge is 0.263 e. The molecule has 0 radical (unpaired) electrons. The lowest BCUT2D eigenvalue weighted by atomic mass is 10.3. The third-order valence-corrected chi connectivity index (χ3v) is 5.63. The Bertz CT molecular complexity index is 895. The first-order valence-electron chi connectivity index (χ1n) is 7.78. The zero-order chi connectivity index (χ0) is 18.0. The molecule has 1 aliphatic rings. The number of aromatic nitrogens is 2. The van der Waals surface area contributed by atoms with Crippen LogP contribution in [-0.4, -0.2) is 42.2 Å². The number of anilines is 1. The van der Waals surface area contributed by atoms with Crippen molar-refractivity contribution in [1.82, 2.24) is 9.78 Å². The maximum absolute atomic E-state index is 13.5. The molecule has 7 nitrogen and oxygen atoms in total. The third kappa shape index (κ3) is 4.16. The molecule has 0 saturated carbocycles. The van der Waals surface area contributed by atoms with Crippen molar-refractivity contribution in [3.8, 4) is 5.75 Å². The molecule has 1 aromatic heterocycles. The Labute approximate surface area is 144 Å². The fraction of sp³-hybridized carbons (Fsp3) is 0.375. The first-order valence-corrected chi connectivity index (χ1v) is 9.60. The second-order valence-corrected chi connectivity index (χ2v) is 8.17. The van der Waals surface area contributed by atoms with Gasteiger partial charge in [-0.1, -0.05) is 12.1 Å². The van der Waals surface area contributed by atoms with Crippen molar-refractivity contribution in [1.29, 1.82) is 0 Å². The number of carbonyl (C=O) groups is 1. The fourth-order valence-electron chi connectivity index (χ4n) is 2.74. The Morgan fingerprint density at radius 1 is 1.44 bits per heavy atom. The van der Waals surface area contributed by atoms with Gasteiger partial charge in [-0.25, -0.2) is 17.5 Å². The van der Waals surface area contributed by atoms with Gasteiger partial charge < -0.3 is 10.1 Å². The summed E-state index contributed by atoms with van der Waals surface area (Å²) in [6.07, 6.45) is 0.456. The van der Waals surface area contributed by atoms with Gasteiger partial charge in [0.1, 0.15) is 5.82 Å². The monoisotopic (exact) mass is 367 g/mol. The van der Waals surface area contributed by atoms with Crippen LogP contribution < -0.4 is 10.1 Å². The van der Waals surface area contributed by atoms with Crippen LogP contribution in [0.15, 0.2) is 30.3 Å². The summed E-state index contributed by atoms with van der Waals surface area (Å²) in [5, 5.41) is 6.92. The van der Waals surface area contributed by atoms with Crippen LogP contribution in [0.25, 0.3) is 0 Å². The summed E-state index contributed by atoms with van der Waals surface area (Å²) < 4.78 is 43.5. The molecular weight excluding hydrogens is 349 g/mol. The van der Waals surface area contributed by atoms with E-state index in [2.05, 4.69) is 10.4 Å². The van der Waals surface area contributed by atoms with Gasteiger partial charge in [0.15, 0.2) is 28.0 Å². The molecule has 2 aromatic rings. The van der Waals surface area contributed by atoms with Gasteiger partial charge in [0.25, 0.3) is 5.91 Å². The lowest BCUT2D eigenvalue weighted by molar-refractivity contribution is -0.118. The molecule has 0 aliphatic carbocycles. The Morgan fingerprint density at radius 3 is 2.88 bits per heavy atom. The van der Waals surface area contributed by atoms with Crippen LogP contribution in [-0.2, 0) is 14.6 Å². The van der Waals surface area contributed by atoms with Crippen molar-refractivity contribution in [3.05, 3.63) is 41.8 Å². The molecule has 0 spiro atoms. The van der Waals surface area contributed by atoms with Gasteiger partial charge >= 0.3 is 0 Å². The standard InChI is InChI=1S/C16H18FN3O4S/c1-11-8-15(20(19-11)12-6-7-25(22,23)10-12)18-16(21)9-24-14-5-3-2-4-13(14)17/h2-5,8,12H,6-7,9-10H2,1H3,(H,18,21). The molecule has 1 unspecified atom stereocenters. The van der Waals surface area contributed by atoms with Crippen LogP contribution >= 0.6 is 0 Å². The molecule has 3 rings (SSSR count). The number of sulfone groups is 1. The minimum atomic E-state index is -3.07. The van der Waals surface area contributed by atoms with Crippen molar-refractivity contribution in [3.63, 3.8) is 0 Å². The van der Waals surface area contributed by atoms with Crippen molar-refractivity contribution >= 4 is 21.6 Å². The highest BCUT2D eigenvalue weighted by Gasteiger charge is 2.31. The van der Waals surface area contributed by atoms with Crippen LogP contribution in [0.1, 0.15) is 18.2 Å². The lowest BCUT2D eigenvalue weighted by Gasteiger charge is -2.14. The van der Waals surface area contributed by atoms with Crippen LogP contribution in [0, 0.1) is 12.7 Å². The molecular formula is C16H18FN3O4S. The minimum Gasteiger partial charge on any atom is -0.481 e. The van der Waals surface area contributed by atoms with Gasteiger partial charge in [-0.3, -0.25) is 4.79 Å². The summed E-state index contributed by atoms with van der Waals surface area (Å²) in [6.45, 7) is 1.39. The van der Waals surface area contributed by atoms with Gasteiger partial charge in [-0.2, -0.15) is 5.10 Å². The molecule has 1 atom stereocenters. The number of ether oxygens (including phenoxy) is 1. The van der Waals surface area contributed by atoms with Crippen molar-refractivity contribution < 1.29 is 22.3 Å². The Kier molecular flexibility index (Phi) is 4.76. The normalized spacial score (nSPS) is 18.9. The van der Waals surface area contributed by atoms with Crippen LogP contribution in [0.4, 0.5) is 10.2 Å². The second kappa shape index (κ2) is 6.83. The number of rotatable bonds is 5. The van der Waals surface area contributed by atoms with Crippen LogP contribution in [0.2, 0.25) is 0 Å². The zero-order valence-electron chi connectivity index (χ0n) is 13.6. The highest BCUT2D eigenvalue weighted by Crippen LogP contribution is 2.27. The SMILES string of the molecule is Cc1cc(NC(=O)COc2ccccc2F)n(C2CCS(=O)(=O)C2)n1. The molecule has 1 saturated heterocycles. The molecule has 9 heteroatoms. The zero-order valence-corrected chi connectivity index (χ0v) is 14.4. The highest BCUT2D eigenvalue weighted by molar-refractivity contribution is 7.91. The number of amides is 1. The number of hydrogen-bond donors (Lipinski definition) is 1. The van der Waals surface area contributed by atoms with Gasteiger partial charge in [0.05, 0.1) is 23.2 Å². The maximum atomic E-state index is 13.5. The number of para-hydroxylation sites is 1. The van der Waals surface area contributed by atoms with Crippen LogP contribution in [0.5, 0.6) is 5.75 Å². The maximum Gasteiger partial charge on any atom is 0.263 e. The average molecular weight is 367 g/mol. The number of carbonyl (C=O) groups excluding carboxylic acids is 1. The van der Waals surface area contributed by atoms with Crippen molar-refractivity contribution in [2.45, 2.75) is 19.4 Å². The first-order chi connectivity index (χ1) is 11.8. The minimum absolute atomic E-state index is 0.00270. The van der Waals surface area contributed by atoms with Gasteiger partial charge in [0, 0.05) is 6.07 Å². The molecule has 0 bridgehead atoms. The van der Waals surface area contributed by atoms with E-state index in [4.69, 9.17) is 4.74 Å². The largest absolute Gasteiger partial charge is 0.481 e. The van der Waals surface area contributed by atoms with E-state index in [1.165, 1.54) is 22.9 Å². The molecule has 1 aliphatic heterocycles. The number of halogens is 1. The first kappa shape index (κ1) is 17.4. The van der Waals surface area contributed by atoms with E-state index < -0.39 is 21.6 Å². The summed E-state index contributed by atoms with van der Waals surface area (Å²) in [6, 6.07) is 7.16. The molecule has 1 amide bonds. The van der Waals surface area contributed by atoms with Gasteiger partial charge in [-0.15, -0.1) is 0 Å². The molecule has 1 N–H and O–H groups in total. The lowest BCUT2D eigenvalue weighted by Crippen LogP contribution is -2.24. The Morgan fingerprint density at radius 2 is 2.20 bits per heavy atom. The highest BCUT2D eigenvalue weighted by atomic mass is 32.2. The predicted molar refractivity (Wildman–Crippen MR) is 89.8 cm³/mol. The third-order valence-electron chi connectivity index (χ3n) is 3.88. The molecule has 2 heterocycles. The van der Waals surface area contributed by atoms with Crippen LogP contribution in [0.3, 0.4) is 0 Å². The number of nitrogens with zero attached hydrogens (tertiary/aromatic N) is 2. The summed E-state index contributed by atoms with van der Waals surface area (Å²) in [7, 11) is -3.07. The van der Waals surface area contributed by atoms with Gasteiger partial charge in [-0.05, 0) is 25.5 Å². The summed E-state index contributed by atoms with van der Waals surface area (Å²) in [5.41, 5.74) is 0.662. The number of nitrogens with one attached hydrogen (secondary N) is 1. The van der Waals surface area contributed by atoms with Crippen molar-refractivity contribution in [2.75, 3.05) is 23.4 Å². The fourth-order valence-corrected chi connectivity index (χ4v) is 4.43. The quantitative estimate of drug-likeness (QED) is 0.869. The summed E-state index contributed by atoms with van der Waals surface area (Å²) >= 11 is 0. The number of benzene rings is 1. The average Bonchev–Trinajstić information content (AvgIpc) is 3.08. The Hall–Kier alpha value is -2.42. The summed E-state index contributed by atoms with van der Waals surface area (Å²) in [4.78, 5) is 12.1. The van der Waals surface area contributed by atoms with E-state index in [0.717, 1.165) is 0 Å². The number of hydrogen-bond acceptors (Lipinski definition) is 5.